The third-order valence-electron chi connectivity index (χ3n) is 3.58. The SMILES string of the molecule is CCN(CC(=O)O)c1ccc2cc(-c3cccs3)c(=O)oc2c1. The molecule has 0 spiro atoms. The molecule has 0 fully saturated rings. The summed E-state index contributed by atoms with van der Waals surface area (Å²) >= 11 is 1.48. The molecule has 118 valence electrons. The van der Waals surface area contributed by atoms with E-state index in [2.05, 4.69) is 0 Å². The van der Waals surface area contributed by atoms with Crippen molar-refractivity contribution in [2.75, 3.05) is 18.0 Å². The summed E-state index contributed by atoms with van der Waals surface area (Å²) in [5.74, 6) is -0.901. The first kappa shape index (κ1) is 15.3. The molecule has 0 unspecified atom stereocenters. The van der Waals surface area contributed by atoms with Gasteiger partial charge in [0.15, 0.2) is 0 Å². The third-order valence-corrected chi connectivity index (χ3v) is 4.48. The molecule has 0 atom stereocenters. The molecular formula is C17H15NO4S. The first-order valence-corrected chi connectivity index (χ1v) is 8.05. The van der Waals surface area contributed by atoms with Crippen LogP contribution < -0.4 is 10.5 Å². The Kier molecular flexibility index (Phi) is 4.16. The van der Waals surface area contributed by atoms with Crippen LogP contribution in [0.25, 0.3) is 21.4 Å². The molecule has 0 bridgehead atoms. The molecule has 0 aliphatic heterocycles. The Hall–Kier alpha value is -2.60. The quantitative estimate of drug-likeness (QED) is 0.726. The molecule has 0 aliphatic carbocycles. The van der Waals surface area contributed by atoms with E-state index in [1.54, 1.807) is 11.0 Å². The predicted octanol–water partition coefficient (Wildman–Crippen LogP) is 3.43. The highest BCUT2D eigenvalue weighted by Crippen LogP contribution is 2.27. The lowest BCUT2D eigenvalue weighted by Gasteiger charge is -2.20. The molecule has 5 nitrogen and oxygen atoms in total. The van der Waals surface area contributed by atoms with E-state index in [4.69, 9.17) is 9.52 Å². The molecule has 1 N–H and O–H groups in total. The summed E-state index contributed by atoms with van der Waals surface area (Å²) in [6.45, 7) is 2.33. The number of aliphatic carboxylic acids is 1. The highest BCUT2D eigenvalue weighted by molar-refractivity contribution is 7.13. The zero-order chi connectivity index (χ0) is 16.4. The lowest BCUT2D eigenvalue weighted by molar-refractivity contribution is -0.135. The normalized spacial score (nSPS) is 10.8. The Morgan fingerprint density at radius 3 is 2.78 bits per heavy atom. The Morgan fingerprint density at radius 2 is 2.13 bits per heavy atom. The Balaban J connectivity index is 2.06. The maximum Gasteiger partial charge on any atom is 0.345 e. The lowest BCUT2D eigenvalue weighted by atomic mass is 10.1. The summed E-state index contributed by atoms with van der Waals surface area (Å²) in [6, 6.07) is 11.0. The van der Waals surface area contributed by atoms with E-state index in [1.165, 1.54) is 11.3 Å². The van der Waals surface area contributed by atoms with Gasteiger partial charge in [0.1, 0.15) is 12.1 Å². The maximum atomic E-state index is 12.2. The fraction of sp³-hybridized carbons (Fsp3) is 0.176. The van der Waals surface area contributed by atoms with Gasteiger partial charge in [-0.1, -0.05) is 6.07 Å². The Labute approximate surface area is 136 Å². The number of likely N-dealkylation sites (N-methyl/N-ethyl adjacent to an activating group) is 1. The molecule has 2 aromatic heterocycles. The minimum atomic E-state index is -0.901. The number of carboxylic acids is 1. The zero-order valence-corrected chi connectivity index (χ0v) is 13.3. The van der Waals surface area contributed by atoms with E-state index in [0.717, 1.165) is 16.0 Å². The fourth-order valence-electron chi connectivity index (χ4n) is 2.45. The van der Waals surface area contributed by atoms with E-state index < -0.39 is 11.6 Å². The fourth-order valence-corrected chi connectivity index (χ4v) is 3.18. The second kappa shape index (κ2) is 6.26. The summed E-state index contributed by atoms with van der Waals surface area (Å²) in [5.41, 5.74) is 1.32. The van der Waals surface area contributed by atoms with Crippen molar-refractivity contribution < 1.29 is 14.3 Å². The van der Waals surface area contributed by atoms with Crippen LogP contribution >= 0.6 is 11.3 Å². The third kappa shape index (κ3) is 3.12. The molecule has 1 aromatic carbocycles. The summed E-state index contributed by atoms with van der Waals surface area (Å²) in [6.07, 6.45) is 0. The van der Waals surface area contributed by atoms with Gasteiger partial charge < -0.3 is 14.4 Å². The van der Waals surface area contributed by atoms with Crippen molar-refractivity contribution in [2.45, 2.75) is 6.92 Å². The standard InChI is InChI=1S/C17H15NO4S/c1-2-18(10-16(19)20)12-6-5-11-8-13(15-4-3-7-23-15)17(21)22-14(11)9-12/h3-9H,2,10H2,1H3,(H,19,20). The predicted molar refractivity (Wildman–Crippen MR) is 91.3 cm³/mol. The van der Waals surface area contributed by atoms with Gasteiger partial charge in [-0.25, -0.2) is 4.79 Å². The minimum absolute atomic E-state index is 0.0977. The van der Waals surface area contributed by atoms with Crippen LogP contribution in [0.3, 0.4) is 0 Å². The van der Waals surface area contributed by atoms with Gasteiger partial charge in [-0.15, -0.1) is 11.3 Å². The van der Waals surface area contributed by atoms with Crippen molar-refractivity contribution >= 4 is 34.0 Å². The molecule has 3 rings (SSSR count). The van der Waals surface area contributed by atoms with E-state index in [-0.39, 0.29) is 6.54 Å². The van der Waals surface area contributed by atoms with Gasteiger partial charge in [-0.05, 0) is 36.6 Å². The highest BCUT2D eigenvalue weighted by Gasteiger charge is 2.12. The summed E-state index contributed by atoms with van der Waals surface area (Å²) < 4.78 is 5.43. The number of hydrogen-bond donors (Lipinski definition) is 1. The number of anilines is 1. The van der Waals surface area contributed by atoms with Crippen LogP contribution in [0, 0.1) is 0 Å². The van der Waals surface area contributed by atoms with Crippen LogP contribution in [-0.2, 0) is 4.79 Å². The number of fused-ring (bicyclic) bond motifs is 1. The van der Waals surface area contributed by atoms with E-state index in [0.29, 0.717) is 17.7 Å². The maximum absolute atomic E-state index is 12.2. The van der Waals surface area contributed by atoms with E-state index >= 15 is 0 Å². The summed E-state index contributed by atoms with van der Waals surface area (Å²) in [7, 11) is 0. The number of rotatable bonds is 5. The van der Waals surface area contributed by atoms with E-state index in [9.17, 15) is 9.59 Å². The van der Waals surface area contributed by atoms with Crippen LogP contribution in [-0.4, -0.2) is 24.2 Å². The molecule has 0 aliphatic rings. The summed E-state index contributed by atoms with van der Waals surface area (Å²) in [5, 5.41) is 11.7. The molecule has 23 heavy (non-hydrogen) atoms. The topological polar surface area (TPSA) is 70.8 Å². The average molecular weight is 329 g/mol. The van der Waals surface area contributed by atoms with Crippen LogP contribution in [0.2, 0.25) is 0 Å². The molecule has 0 radical (unpaired) electrons. The van der Waals surface area contributed by atoms with Crippen LogP contribution in [0.15, 0.2) is 51.0 Å². The van der Waals surface area contributed by atoms with Crippen molar-refractivity contribution in [1.82, 2.24) is 0 Å². The van der Waals surface area contributed by atoms with Gasteiger partial charge in [-0.3, -0.25) is 4.79 Å². The van der Waals surface area contributed by atoms with Gasteiger partial charge in [0.05, 0.1) is 5.56 Å². The van der Waals surface area contributed by atoms with Gasteiger partial charge in [0.25, 0.3) is 0 Å². The number of thiophene rings is 1. The van der Waals surface area contributed by atoms with Crippen molar-refractivity contribution in [2.24, 2.45) is 0 Å². The molecule has 2 heterocycles. The van der Waals surface area contributed by atoms with E-state index in [1.807, 2.05) is 42.6 Å². The van der Waals surface area contributed by atoms with Gasteiger partial charge in [0.2, 0.25) is 0 Å². The van der Waals surface area contributed by atoms with Crippen molar-refractivity contribution in [3.05, 3.63) is 52.2 Å². The number of nitrogens with zero attached hydrogens (tertiary/aromatic N) is 1. The van der Waals surface area contributed by atoms with Crippen LogP contribution in [0.5, 0.6) is 0 Å². The van der Waals surface area contributed by atoms with Gasteiger partial charge in [0, 0.05) is 28.6 Å². The first-order valence-electron chi connectivity index (χ1n) is 7.17. The number of benzene rings is 1. The molecule has 6 heteroatoms. The van der Waals surface area contributed by atoms with Crippen LogP contribution in [0.1, 0.15) is 6.92 Å². The second-order valence-corrected chi connectivity index (χ2v) is 6.00. The number of carbonyl (C=O) groups is 1. The Morgan fingerprint density at radius 1 is 1.30 bits per heavy atom. The minimum Gasteiger partial charge on any atom is -0.480 e. The van der Waals surface area contributed by atoms with Gasteiger partial charge >= 0.3 is 11.6 Å². The lowest BCUT2D eigenvalue weighted by Crippen LogP contribution is -2.29. The smallest absolute Gasteiger partial charge is 0.345 e. The average Bonchev–Trinajstić information content (AvgIpc) is 3.05. The molecule has 0 saturated heterocycles. The first-order chi connectivity index (χ1) is 11.1. The molecule has 0 saturated carbocycles. The van der Waals surface area contributed by atoms with Crippen molar-refractivity contribution in [3.63, 3.8) is 0 Å². The Bertz CT molecular complexity index is 899. The number of carboxylic acid groups (broad SMARTS) is 1. The van der Waals surface area contributed by atoms with Crippen LogP contribution in [0.4, 0.5) is 5.69 Å². The highest BCUT2D eigenvalue weighted by atomic mass is 32.1. The largest absolute Gasteiger partial charge is 0.480 e. The van der Waals surface area contributed by atoms with Crippen molar-refractivity contribution in [1.29, 1.82) is 0 Å². The zero-order valence-electron chi connectivity index (χ0n) is 12.5. The van der Waals surface area contributed by atoms with Crippen molar-refractivity contribution in [3.8, 4) is 10.4 Å². The molecule has 3 aromatic rings. The monoisotopic (exact) mass is 329 g/mol. The molecule has 0 amide bonds. The molecular weight excluding hydrogens is 314 g/mol. The number of hydrogen-bond acceptors (Lipinski definition) is 5. The second-order valence-electron chi connectivity index (χ2n) is 5.05. The van der Waals surface area contributed by atoms with Gasteiger partial charge in [-0.2, -0.15) is 0 Å². The summed E-state index contributed by atoms with van der Waals surface area (Å²) in [4.78, 5) is 25.7.